The maximum absolute atomic E-state index is 12.9. The maximum Gasteiger partial charge on any atom is 0.254 e. The van der Waals surface area contributed by atoms with Crippen LogP contribution in [0.4, 0.5) is 4.39 Å². The van der Waals surface area contributed by atoms with E-state index >= 15 is 0 Å². The summed E-state index contributed by atoms with van der Waals surface area (Å²) >= 11 is 1.42. The van der Waals surface area contributed by atoms with E-state index < -0.39 is 0 Å². The highest BCUT2D eigenvalue weighted by atomic mass is 32.2. The van der Waals surface area contributed by atoms with Crippen molar-refractivity contribution in [2.45, 2.75) is 24.5 Å². The molecule has 1 aromatic carbocycles. The van der Waals surface area contributed by atoms with Crippen LogP contribution >= 0.6 is 11.8 Å². The zero-order valence-electron chi connectivity index (χ0n) is 11.8. The predicted molar refractivity (Wildman–Crippen MR) is 80.7 cm³/mol. The van der Waals surface area contributed by atoms with Crippen LogP contribution in [0.25, 0.3) is 0 Å². The van der Waals surface area contributed by atoms with Crippen molar-refractivity contribution in [2.75, 3.05) is 6.26 Å². The molecule has 1 N–H and O–H groups in total. The van der Waals surface area contributed by atoms with Crippen LogP contribution in [0.2, 0.25) is 0 Å². The maximum atomic E-state index is 12.9. The molecule has 1 aromatic heterocycles. The largest absolute Gasteiger partial charge is 0.345 e. The number of hydrogen-bond acceptors (Lipinski definition) is 4. The number of halogens is 1. The fraction of sp³-hybridized carbons (Fsp3) is 0.267. The van der Waals surface area contributed by atoms with Crippen molar-refractivity contribution in [2.24, 2.45) is 0 Å². The summed E-state index contributed by atoms with van der Waals surface area (Å²) in [5.41, 5.74) is 1.28. The molecule has 0 saturated heterocycles. The van der Waals surface area contributed by atoms with E-state index in [1.165, 1.54) is 36.3 Å². The fourth-order valence-electron chi connectivity index (χ4n) is 1.90. The predicted octanol–water partition coefficient (Wildman–Crippen LogP) is 3.22. The van der Waals surface area contributed by atoms with E-state index in [1.54, 1.807) is 12.1 Å². The van der Waals surface area contributed by atoms with E-state index in [0.29, 0.717) is 17.1 Å². The van der Waals surface area contributed by atoms with Gasteiger partial charge in [0.2, 0.25) is 0 Å². The summed E-state index contributed by atoms with van der Waals surface area (Å²) in [7, 11) is 0. The topological polar surface area (TPSA) is 54.9 Å². The van der Waals surface area contributed by atoms with Crippen LogP contribution in [-0.2, 0) is 0 Å². The van der Waals surface area contributed by atoms with E-state index in [1.807, 2.05) is 13.2 Å². The third-order valence-corrected chi connectivity index (χ3v) is 3.63. The summed E-state index contributed by atoms with van der Waals surface area (Å²) in [5.74, 6) is -0.528. The van der Waals surface area contributed by atoms with Gasteiger partial charge in [-0.3, -0.25) is 4.79 Å². The molecule has 0 saturated carbocycles. The van der Waals surface area contributed by atoms with Crippen molar-refractivity contribution in [3.05, 3.63) is 53.6 Å². The number of hydrogen-bond donors (Lipinski definition) is 1. The van der Waals surface area contributed by atoms with Crippen LogP contribution in [0.1, 0.15) is 35.3 Å². The van der Waals surface area contributed by atoms with Crippen molar-refractivity contribution >= 4 is 17.7 Å². The van der Waals surface area contributed by atoms with Crippen molar-refractivity contribution < 1.29 is 9.18 Å². The second-order valence-electron chi connectivity index (χ2n) is 4.44. The van der Waals surface area contributed by atoms with Gasteiger partial charge >= 0.3 is 0 Å². The molecule has 0 spiro atoms. The Morgan fingerprint density at radius 1 is 1.29 bits per heavy atom. The summed E-state index contributed by atoms with van der Waals surface area (Å²) in [5, 5.41) is 3.53. The highest BCUT2D eigenvalue weighted by Gasteiger charge is 2.14. The molecule has 21 heavy (non-hydrogen) atoms. The molecule has 4 nitrogen and oxygen atoms in total. The van der Waals surface area contributed by atoms with Gasteiger partial charge in [0, 0.05) is 12.4 Å². The monoisotopic (exact) mass is 305 g/mol. The second-order valence-corrected chi connectivity index (χ2v) is 5.22. The molecule has 0 unspecified atom stereocenters. The lowest BCUT2D eigenvalue weighted by atomic mass is 10.0. The van der Waals surface area contributed by atoms with E-state index in [4.69, 9.17) is 0 Å². The summed E-state index contributed by atoms with van der Waals surface area (Å²) in [6.07, 6.45) is 5.59. The number of amides is 1. The standard InChI is InChI=1S/C15H16FN3OS/c1-3-13(10-4-6-12(16)7-5-10)19-14(20)11-8-17-15(21-2)18-9-11/h4-9,13H,3H2,1-2H3,(H,19,20)/t13-/m1/s1. The molecule has 2 rings (SSSR count). The van der Waals surface area contributed by atoms with Gasteiger partial charge in [0.15, 0.2) is 5.16 Å². The minimum absolute atomic E-state index is 0.168. The third kappa shape index (κ3) is 4.01. The van der Waals surface area contributed by atoms with Crippen LogP contribution in [0.15, 0.2) is 41.8 Å². The number of thioether (sulfide) groups is 1. The zero-order valence-corrected chi connectivity index (χ0v) is 12.7. The number of carbonyl (C=O) groups excluding carboxylic acids is 1. The fourth-order valence-corrected chi connectivity index (χ4v) is 2.21. The van der Waals surface area contributed by atoms with Crippen LogP contribution in [0.5, 0.6) is 0 Å². The molecular formula is C15H16FN3OS. The molecule has 0 radical (unpaired) electrons. The van der Waals surface area contributed by atoms with Crippen molar-refractivity contribution in [1.82, 2.24) is 15.3 Å². The van der Waals surface area contributed by atoms with Gasteiger partial charge in [-0.25, -0.2) is 14.4 Å². The molecule has 1 atom stereocenters. The highest BCUT2D eigenvalue weighted by Crippen LogP contribution is 2.17. The summed E-state index contributed by atoms with van der Waals surface area (Å²) in [6, 6.07) is 5.97. The SMILES string of the molecule is CC[C@@H](NC(=O)c1cnc(SC)nc1)c1ccc(F)cc1. The van der Waals surface area contributed by atoms with Gasteiger partial charge in [-0.05, 0) is 30.4 Å². The quantitative estimate of drug-likeness (QED) is 0.681. The van der Waals surface area contributed by atoms with E-state index in [9.17, 15) is 9.18 Å². The smallest absolute Gasteiger partial charge is 0.254 e. The number of nitrogens with zero attached hydrogens (tertiary/aromatic N) is 2. The molecule has 2 aromatic rings. The Balaban J connectivity index is 2.10. The Morgan fingerprint density at radius 3 is 2.43 bits per heavy atom. The Hall–Kier alpha value is -1.95. The van der Waals surface area contributed by atoms with Gasteiger partial charge in [-0.2, -0.15) is 0 Å². The Kier molecular flexibility index (Phi) is 5.27. The van der Waals surface area contributed by atoms with E-state index in [2.05, 4.69) is 15.3 Å². The van der Waals surface area contributed by atoms with E-state index in [-0.39, 0.29) is 17.8 Å². The Labute approximate surface area is 127 Å². The van der Waals surface area contributed by atoms with Gasteiger partial charge in [-0.1, -0.05) is 30.8 Å². The molecule has 110 valence electrons. The molecule has 1 amide bonds. The van der Waals surface area contributed by atoms with Crippen molar-refractivity contribution in [3.8, 4) is 0 Å². The van der Waals surface area contributed by atoms with E-state index in [0.717, 1.165) is 5.56 Å². The van der Waals surface area contributed by atoms with Gasteiger partial charge in [0.05, 0.1) is 11.6 Å². The Bertz CT molecular complexity index is 601. The molecule has 0 aliphatic carbocycles. The summed E-state index contributed by atoms with van der Waals surface area (Å²) in [6.45, 7) is 1.96. The first kappa shape index (κ1) is 15.4. The lowest BCUT2D eigenvalue weighted by Gasteiger charge is -2.17. The average molecular weight is 305 g/mol. The minimum atomic E-state index is -0.291. The van der Waals surface area contributed by atoms with Crippen LogP contribution < -0.4 is 5.32 Å². The number of benzene rings is 1. The zero-order chi connectivity index (χ0) is 15.2. The first-order valence-corrected chi connectivity index (χ1v) is 7.79. The van der Waals surface area contributed by atoms with Gasteiger partial charge < -0.3 is 5.32 Å². The molecule has 1 heterocycles. The highest BCUT2D eigenvalue weighted by molar-refractivity contribution is 7.98. The normalized spacial score (nSPS) is 12.0. The van der Waals surface area contributed by atoms with Crippen LogP contribution in [0, 0.1) is 5.82 Å². The Morgan fingerprint density at radius 2 is 1.90 bits per heavy atom. The van der Waals surface area contributed by atoms with Gasteiger partial charge in [-0.15, -0.1) is 0 Å². The second kappa shape index (κ2) is 7.17. The number of nitrogens with one attached hydrogen (secondary N) is 1. The molecule has 0 aliphatic rings. The first-order chi connectivity index (χ1) is 10.1. The molecular weight excluding hydrogens is 289 g/mol. The number of aromatic nitrogens is 2. The average Bonchev–Trinajstić information content (AvgIpc) is 2.53. The van der Waals surface area contributed by atoms with Crippen molar-refractivity contribution in [3.63, 3.8) is 0 Å². The lowest BCUT2D eigenvalue weighted by molar-refractivity contribution is 0.0934. The first-order valence-electron chi connectivity index (χ1n) is 6.56. The summed E-state index contributed by atoms with van der Waals surface area (Å²) < 4.78 is 12.9. The van der Waals surface area contributed by atoms with Crippen LogP contribution in [-0.4, -0.2) is 22.1 Å². The minimum Gasteiger partial charge on any atom is -0.345 e. The number of rotatable bonds is 5. The molecule has 0 fully saturated rings. The molecule has 6 heteroatoms. The third-order valence-electron chi connectivity index (χ3n) is 3.06. The summed E-state index contributed by atoms with van der Waals surface area (Å²) in [4.78, 5) is 20.3. The molecule has 0 aliphatic heterocycles. The van der Waals surface area contributed by atoms with Crippen molar-refractivity contribution in [1.29, 1.82) is 0 Å². The van der Waals surface area contributed by atoms with Gasteiger partial charge in [0.1, 0.15) is 5.82 Å². The number of carbonyl (C=O) groups is 1. The van der Waals surface area contributed by atoms with Gasteiger partial charge in [0.25, 0.3) is 5.91 Å². The lowest BCUT2D eigenvalue weighted by Crippen LogP contribution is -2.28. The molecule has 0 bridgehead atoms. The van der Waals surface area contributed by atoms with Crippen LogP contribution in [0.3, 0.4) is 0 Å².